The second kappa shape index (κ2) is 7.62. The Morgan fingerprint density at radius 2 is 1.66 bits per heavy atom. The molecular weight excluding hydrogens is 636 g/mol. The van der Waals surface area contributed by atoms with Gasteiger partial charge in [-0.3, -0.25) is 0 Å². The van der Waals surface area contributed by atoms with E-state index < -0.39 is 14.9 Å². The molecule has 0 aromatic heterocycles. The second-order valence-corrected chi connectivity index (χ2v) is 36.5. The molecule has 0 amide bonds. The summed E-state index contributed by atoms with van der Waals surface area (Å²) in [6.45, 7) is 0. The van der Waals surface area contributed by atoms with Crippen LogP contribution in [-0.2, 0) is 21.4 Å². The zero-order valence-electron chi connectivity index (χ0n) is 18.9. The SMILES string of the molecule is CN1c2ccc[c]([Zr]([SH])([Cl])([Cl])[c]3cccc4c3Cc3ccccc3-4)c2C2=Cc3cc(Br)ccc3C21. The Morgan fingerprint density at radius 1 is 0.914 bits per heavy atom. The molecule has 0 radical (unpaired) electrons. The van der Waals surface area contributed by atoms with E-state index in [2.05, 4.69) is 113 Å². The number of thiol groups is 1. The van der Waals surface area contributed by atoms with Crippen LogP contribution in [-0.4, -0.2) is 7.05 Å². The van der Waals surface area contributed by atoms with Gasteiger partial charge in [0.1, 0.15) is 0 Å². The summed E-state index contributed by atoms with van der Waals surface area (Å²) in [5, 5.41) is 0. The molecule has 2 aliphatic carbocycles. The van der Waals surface area contributed by atoms with Crippen LogP contribution in [0.4, 0.5) is 5.69 Å². The van der Waals surface area contributed by atoms with E-state index in [0.717, 1.165) is 23.0 Å². The summed E-state index contributed by atoms with van der Waals surface area (Å²) in [6, 6.07) is 28.0. The van der Waals surface area contributed by atoms with Crippen molar-refractivity contribution in [2.24, 2.45) is 0 Å². The molecule has 0 spiro atoms. The third kappa shape index (κ3) is 3.17. The topological polar surface area (TPSA) is 3.24 Å². The number of nitrogens with zero attached hydrogens (tertiary/aromatic N) is 1. The predicted octanol–water partition coefficient (Wildman–Crippen LogP) is 7.86. The first-order valence-electron chi connectivity index (χ1n) is 11.6. The van der Waals surface area contributed by atoms with E-state index in [1.807, 2.05) is 0 Å². The average Bonchev–Trinajstić information content (AvgIpc) is 3.48. The first-order valence-corrected chi connectivity index (χ1v) is 25.0. The summed E-state index contributed by atoms with van der Waals surface area (Å²) in [7, 11) is 22.9. The molecule has 1 nitrogen and oxygen atoms in total. The van der Waals surface area contributed by atoms with Crippen molar-refractivity contribution in [3.8, 4) is 11.1 Å². The number of anilines is 1. The van der Waals surface area contributed by atoms with Crippen molar-refractivity contribution in [1.29, 1.82) is 0 Å². The Hall–Kier alpha value is -1.29. The number of likely N-dealkylation sites (N-methyl/N-ethyl adjacent to an activating group) is 1. The van der Waals surface area contributed by atoms with Crippen LogP contribution >= 0.6 is 42.3 Å². The summed E-state index contributed by atoms with van der Waals surface area (Å²) in [5.74, 6) is 0. The van der Waals surface area contributed by atoms with Gasteiger partial charge in [0.25, 0.3) is 0 Å². The van der Waals surface area contributed by atoms with Crippen molar-refractivity contribution in [3.05, 3.63) is 111 Å². The molecule has 4 aromatic carbocycles. The third-order valence-corrected chi connectivity index (χ3v) is 22.7. The fourth-order valence-electron chi connectivity index (χ4n) is 6.29. The number of fused-ring (bicyclic) bond motifs is 8. The minimum absolute atomic E-state index is 0.160. The second-order valence-electron chi connectivity index (χ2n) is 9.72. The summed E-state index contributed by atoms with van der Waals surface area (Å²) >= 11 is -1.37. The molecule has 1 atom stereocenters. The van der Waals surface area contributed by atoms with Gasteiger partial charge in [-0.15, -0.1) is 0 Å². The fraction of sp³-hybridized carbons (Fsp3) is 0.103. The zero-order valence-corrected chi connectivity index (χ0v) is 25.3. The summed E-state index contributed by atoms with van der Waals surface area (Å²) < 4.78 is 3.12. The molecule has 1 heterocycles. The molecule has 3 aliphatic rings. The quantitative estimate of drug-likeness (QED) is 0.189. The molecule has 7 rings (SSSR count). The molecule has 35 heavy (non-hydrogen) atoms. The van der Waals surface area contributed by atoms with E-state index in [1.165, 1.54) is 44.6 Å². The predicted molar refractivity (Wildman–Crippen MR) is 154 cm³/mol. The normalized spacial score (nSPS) is 18.2. The van der Waals surface area contributed by atoms with Crippen LogP contribution in [0, 0.1) is 0 Å². The standard InChI is InChI=1S/C16H11BrN.C13H9.2ClH.H2S.Zr/c1-18-15-5-3-2-4-13(15)14-9-10-8-11(17)6-7-12(10)16(14)18;1-3-7-12-10(5-1)9-11-6-2-4-8-13(11)12;;;;/h2-3,5-9,16H,1H3;1-5,7-8H,9H2;2*1H;1H2;/q;;;;;+3/p-3. The molecule has 1 aliphatic heterocycles. The van der Waals surface area contributed by atoms with Crippen LogP contribution in [0.25, 0.3) is 22.8 Å². The minimum atomic E-state index is -5.00. The van der Waals surface area contributed by atoms with Gasteiger partial charge in [0.05, 0.1) is 0 Å². The van der Waals surface area contributed by atoms with E-state index >= 15 is 0 Å². The van der Waals surface area contributed by atoms with Gasteiger partial charge in [0, 0.05) is 0 Å². The van der Waals surface area contributed by atoms with Gasteiger partial charge in [0.15, 0.2) is 0 Å². The van der Waals surface area contributed by atoms with Gasteiger partial charge < -0.3 is 0 Å². The van der Waals surface area contributed by atoms with Crippen molar-refractivity contribution >= 4 is 66.2 Å². The number of benzene rings is 4. The van der Waals surface area contributed by atoms with E-state index in [9.17, 15) is 0 Å². The zero-order chi connectivity index (χ0) is 24.1. The van der Waals surface area contributed by atoms with E-state index in [0.29, 0.717) is 0 Å². The average molecular weight is 658 g/mol. The molecule has 0 fully saturated rings. The Kier molecular flexibility index (Phi) is 4.98. The van der Waals surface area contributed by atoms with E-state index in [4.69, 9.17) is 26.4 Å². The molecule has 4 aromatic rings. The van der Waals surface area contributed by atoms with Gasteiger partial charge in [-0.05, 0) is 0 Å². The Morgan fingerprint density at radius 3 is 2.51 bits per heavy atom. The van der Waals surface area contributed by atoms with Gasteiger partial charge in [-0.2, -0.15) is 0 Å². The van der Waals surface area contributed by atoms with Gasteiger partial charge in [-0.25, -0.2) is 0 Å². The molecule has 1 unspecified atom stereocenters. The van der Waals surface area contributed by atoms with Crippen LogP contribution in [0.15, 0.2) is 83.3 Å². The van der Waals surface area contributed by atoms with Gasteiger partial charge >= 0.3 is 228 Å². The molecule has 6 heteroatoms. The molecule has 0 saturated carbocycles. The van der Waals surface area contributed by atoms with Crippen molar-refractivity contribution in [1.82, 2.24) is 0 Å². The van der Waals surface area contributed by atoms with Crippen LogP contribution < -0.4 is 11.4 Å². The molecular formula is C29H21BrCl2NSZr. The van der Waals surface area contributed by atoms with Crippen molar-refractivity contribution in [2.75, 3.05) is 11.9 Å². The Labute approximate surface area is 225 Å². The third-order valence-electron chi connectivity index (χ3n) is 7.82. The van der Waals surface area contributed by atoms with E-state index in [-0.39, 0.29) is 6.04 Å². The number of halogens is 3. The van der Waals surface area contributed by atoms with Crippen molar-refractivity contribution < 1.29 is 14.9 Å². The van der Waals surface area contributed by atoms with Crippen LogP contribution in [0.3, 0.4) is 0 Å². The van der Waals surface area contributed by atoms with Gasteiger partial charge in [-0.1, -0.05) is 0 Å². The maximum atomic E-state index is 7.71. The van der Waals surface area contributed by atoms with Crippen molar-refractivity contribution in [3.63, 3.8) is 0 Å². The van der Waals surface area contributed by atoms with Crippen LogP contribution in [0.1, 0.15) is 33.9 Å². The number of hydrogen-bond acceptors (Lipinski definition) is 2. The number of hydrogen-bond donors (Lipinski definition) is 1. The first kappa shape index (κ1) is 22.9. The molecule has 173 valence electrons. The summed E-state index contributed by atoms with van der Waals surface area (Å²) in [6.07, 6.45) is 3.14. The van der Waals surface area contributed by atoms with Crippen LogP contribution in [0.5, 0.6) is 0 Å². The molecule has 0 saturated heterocycles. The maximum absolute atomic E-state index is 7.71. The summed E-state index contributed by atoms with van der Waals surface area (Å²) in [5.41, 5.74) is 11.2. The van der Waals surface area contributed by atoms with Crippen LogP contribution in [0.2, 0.25) is 0 Å². The monoisotopic (exact) mass is 654 g/mol. The first-order chi connectivity index (χ1) is 16.7. The number of rotatable bonds is 2. The Balaban J connectivity index is 1.45. The summed E-state index contributed by atoms with van der Waals surface area (Å²) in [4.78, 5) is 2.35. The van der Waals surface area contributed by atoms with E-state index in [1.54, 1.807) is 0 Å². The fourth-order valence-corrected chi connectivity index (χ4v) is 19.1. The Bertz CT molecular complexity index is 1620. The molecule has 0 bridgehead atoms. The van der Waals surface area contributed by atoms with Crippen molar-refractivity contribution in [2.45, 2.75) is 12.5 Å². The molecule has 0 N–H and O–H groups in total. The van der Waals surface area contributed by atoms with Gasteiger partial charge in [0.2, 0.25) is 0 Å².